The Kier molecular flexibility index (Phi) is 3.79. The maximum atomic E-state index is 9.07. The summed E-state index contributed by atoms with van der Waals surface area (Å²) >= 11 is 0. The standard InChI is InChI=1S/C14H20O/c15-11-14-8-6-13(7-9-14)10-12-4-2-1-3-5-12/h1-5,13-15H,6-11H2/t13-,14+. The van der Waals surface area contributed by atoms with Gasteiger partial charge >= 0.3 is 0 Å². The van der Waals surface area contributed by atoms with Gasteiger partial charge in [0.1, 0.15) is 0 Å². The highest BCUT2D eigenvalue weighted by Crippen LogP contribution is 2.30. The Labute approximate surface area is 92.1 Å². The summed E-state index contributed by atoms with van der Waals surface area (Å²) in [4.78, 5) is 0. The van der Waals surface area contributed by atoms with Crippen LogP contribution in [-0.2, 0) is 6.42 Å². The van der Waals surface area contributed by atoms with Crippen molar-refractivity contribution in [3.8, 4) is 0 Å². The minimum Gasteiger partial charge on any atom is -0.396 e. The van der Waals surface area contributed by atoms with Gasteiger partial charge < -0.3 is 5.11 Å². The van der Waals surface area contributed by atoms with E-state index in [1.54, 1.807) is 0 Å². The van der Waals surface area contributed by atoms with Gasteiger partial charge in [-0.15, -0.1) is 0 Å². The first-order chi connectivity index (χ1) is 7.38. The smallest absolute Gasteiger partial charge is 0.0459 e. The van der Waals surface area contributed by atoms with Gasteiger partial charge in [0.15, 0.2) is 0 Å². The second-order valence-corrected chi connectivity index (χ2v) is 4.76. The third-order valence-electron chi connectivity index (χ3n) is 3.59. The zero-order chi connectivity index (χ0) is 10.5. The second-order valence-electron chi connectivity index (χ2n) is 4.76. The van der Waals surface area contributed by atoms with Crippen LogP contribution in [0.4, 0.5) is 0 Å². The van der Waals surface area contributed by atoms with Crippen molar-refractivity contribution in [1.82, 2.24) is 0 Å². The summed E-state index contributed by atoms with van der Waals surface area (Å²) in [6.45, 7) is 0.387. The fraction of sp³-hybridized carbons (Fsp3) is 0.571. The summed E-state index contributed by atoms with van der Waals surface area (Å²) in [5.74, 6) is 1.42. The first-order valence-corrected chi connectivity index (χ1v) is 6.03. The summed E-state index contributed by atoms with van der Waals surface area (Å²) in [5, 5.41) is 9.07. The van der Waals surface area contributed by atoms with E-state index in [1.165, 1.54) is 37.7 Å². The summed E-state index contributed by atoms with van der Waals surface area (Å²) in [5.41, 5.74) is 1.46. The van der Waals surface area contributed by atoms with Gasteiger partial charge in [0.25, 0.3) is 0 Å². The van der Waals surface area contributed by atoms with Gasteiger partial charge in [-0.2, -0.15) is 0 Å². The lowest BCUT2D eigenvalue weighted by molar-refractivity contribution is 0.167. The van der Waals surface area contributed by atoms with Gasteiger partial charge in [-0.05, 0) is 49.5 Å². The van der Waals surface area contributed by atoms with Crippen LogP contribution >= 0.6 is 0 Å². The molecule has 0 amide bonds. The van der Waals surface area contributed by atoms with Crippen molar-refractivity contribution in [2.75, 3.05) is 6.61 Å². The molecule has 1 fully saturated rings. The molecule has 1 aromatic carbocycles. The fourth-order valence-corrected chi connectivity index (χ4v) is 2.57. The number of hydrogen-bond acceptors (Lipinski definition) is 1. The molecule has 1 saturated carbocycles. The second kappa shape index (κ2) is 5.32. The van der Waals surface area contributed by atoms with Gasteiger partial charge in [-0.1, -0.05) is 30.3 Å². The zero-order valence-corrected chi connectivity index (χ0v) is 9.23. The van der Waals surface area contributed by atoms with Crippen molar-refractivity contribution in [3.63, 3.8) is 0 Å². The zero-order valence-electron chi connectivity index (χ0n) is 9.23. The number of rotatable bonds is 3. The summed E-state index contributed by atoms with van der Waals surface area (Å²) < 4.78 is 0. The minimum atomic E-state index is 0.387. The van der Waals surface area contributed by atoms with E-state index in [4.69, 9.17) is 5.11 Å². The van der Waals surface area contributed by atoms with Crippen LogP contribution in [0.3, 0.4) is 0 Å². The van der Waals surface area contributed by atoms with Gasteiger partial charge in [0.05, 0.1) is 0 Å². The average molecular weight is 204 g/mol. The molecule has 2 rings (SSSR count). The molecule has 1 aliphatic rings. The maximum Gasteiger partial charge on any atom is 0.0459 e. The Morgan fingerprint density at radius 3 is 2.13 bits per heavy atom. The molecule has 0 saturated heterocycles. The van der Waals surface area contributed by atoms with E-state index in [2.05, 4.69) is 30.3 Å². The van der Waals surface area contributed by atoms with Crippen molar-refractivity contribution < 1.29 is 5.11 Å². The first-order valence-electron chi connectivity index (χ1n) is 6.03. The van der Waals surface area contributed by atoms with Gasteiger partial charge in [-0.25, -0.2) is 0 Å². The normalized spacial score (nSPS) is 26.5. The highest BCUT2D eigenvalue weighted by molar-refractivity contribution is 5.15. The third kappa shape index (κ3) is 3.07. The topological polar surface area (TPSA) is 20.2 Å². The molecule has 0 radical (unpaired) electrons. The lowest BCUT2D eigenvalue weighted by Gasteiger charge is -2.27. The molecule has 1 aromatic rings. The molecule has 0 spiro atoms. The fourth-order valence-electron chi connectivity index (χ4n) is 2.57. The van der Waals surface area contributed by atoms with Crippen LogP contribution < -0.4 is 0 Å². The van der Waals surface area contributed by atoms with Gasteiger partial charge in [0.2, 0.25) is 0 Å². The molecule has 0 aromatic heterocycles. The molecule has 1 nitrogen and oxygen atoms in total. The van der Waals surface area contributed by atoms with Crippen molar-refractivity contribution in [3.05, 3.63) is 35.9 Å². The summed E-state index contributed by atoms with van der Waals surface area (Å²) in [6, 6.07) is 10.8. The van der Waals surface area contributed by atoms with Crippen LogP contribution in [0, 0.1) is 11.8 Å². The lowest BCUT2D eigenvalue weighted by atomic mass is 9.80. The predicted molar refractivity (Wildman–Crippen MR) is 62.7 cm³/mol. The Hall–Kier alpha value is -0.820. The summed E-state index contributed by atoms with van der Waals surface area (Å²) in [7, 11) is 0. The Morgan fingerprint density at radius 1 is 0.933 bits per heavy atom. The minimum absolute atomic E-state index is 0.387. The number of hydrogen-bond donors (Lipinski definition) is 1. The van der Waals surface area contributed by atoms with Crippen molar-refractivity contribution in [2.45, 2.75) is 32.1 Å². The number of aliphatic hydroxyl groups excluding tert-OH is 1. The molecular weight excluding hydrogens is 184 g/mol. The van der Waals surface area contributed by atoms with Crippen molar-refractivity contribution >= 4 is 0 Å². The molecule has 0 unspecified atom stereocenters. The van der Waals surface area contributed by atoms with E-state index in [0.717, 1.165) is 5.92 Å². The van der Waals surface area contributed by atoms with E-state index in [-0.39, 0.29) is 0 Å². The summed E-state index contributed by atoms with van der Waals surface area (Å²) in [6.07, 6.45) is 6.24. The van der Waals surface area contributed by atoms with Gasteiger partial charge in [-0.3, -0.25) is 0 Å². The number of benzene rings is 1. The first kappa shape index (κ1) is 10.7. The molecule has 0 heterocycles. The van der Waals surface area contributed by atoms with Crippen LogP contribution in [0.1, 0.15) is 31.2 Å². The highest BCUT2D eigenvalue weighted by Gasteiger charge is 2.20. The molecule has 1 N–H and O–H groups in total. The SMILES string of the molecule is OC[C@H]1CC[C@@H](Cc2ccccc2)CC1. The van der Waals surface area contributed by atoms with Crippen LogP contribution in [0.5, 0.6) is 0 Å². The molecule has 0 atom stereocenters. The highest BCUT2D eigenvalue weighted by atomic mass is 16.3. The molecule has 1 heteroatoms. The average Bonchev–Trinajstić information content (AvgIpc) is 2.31. The predicted octanol–water partition coefficient (Wildman–Crippen LogP) is 3.03. The van der Waals surface area contributed by atoms with E-state index in [0.29, 0.717) is 12.5 Å². The van der Waals surface area contributed by atoms with E-state index >= 15 is 0 Å². The Bertz CT molecular complexity index is 273. The maximum absolute atomic E-state index is 9.07. The van der Waals surface area contributed by atoms with Crippen LogP contribution in [-0.4, -0.2) is 11.7 Å². The molecule has 0 bridgehead atoms. The number of aliphatic hydroxyl groups is 1. The molecular formula is C14H20O. The van der Waals surface area contributed by atoms with Crippen LogP contribution in [0.25, 0.3) is 0 Å². The van der Waals surface area contributed by atoms with Crippen molar-refractivity contribution in [2.24, 2.45) is 11.8 Å². The molecule has 15 heavy (non-hydrogen) atoms. The molecule has 82 valence electrons. The van der Waals surface area contributed by atoms with E-state index in [1.807, 2.05) is 0 Å². The quantitative estimate of drug-likeness (QED) is 0.802. The third-order valence-corrected chi connectivity index (χ3v) is 3.59. The van der Waals surface area contributed by atoms with Gasteiger partial charge in [0, 0.05) is 6.61 Å². The van der Waals surface area contributed by atoms with E-state index < -0.39 is 0 Å². The lowest BCUT2D eigenvalue weighted by Crippen LogP contribution is -2.18. The largest absolute Gasteiger partial charge is 0.396 e. The molecule has 0 aliphatic heterocycles. The monoisotopic (exact) mass is 204 g/mol. The van der Waals surface area contributed by atoms with Crippen LogP contribution in [0.2, 0.25) is 0 Å². The Morgan fingerprint density at radius 2 is 1.53 bits per heavy atom. The molecule has 1 aliphatic carbocycles. The van der Waals surface area contributed by atoms with E-state index in [9.17, 15) is 0 Å². The Balaban J connectivity index is 1.82. The van der Waals surface area contributed by atoms with Crippen molar-refractivity contribution in [1.29, 1.82) is 0 Å². The van der Waals surface area contributed by atoms with Crippen LogP contribution in [0.15, 0.2) is 30.3 Å².